The van der Waals surface area contributed by atoms with E-state index in [0.29, 0.717) is 11.3 Å². The summed E-state index contributed by atoms with van der Waals surface area (Å²) in [4.78, 5) is 24.7. The Morgan fingerprint density at radius 1 is 1.08 bits per heavy atom. The number of fused-ring (bicyclic) bond motifs is 6. The van der Waals surface area contributed by atoms with Crippen molar-refractivity contribution in [2.24, 2.45) is 23.7 Å². The maximum Gasteiger partial charge on any atom is 0.344 e. The van der Waals surface area contributed by atoms with Crippen LogP contribution in [0.5, 0.6) is 0 Å². The molecule has 24 heavy (non-hydrogen) atoms. The minimum Gasteiger partial charge on any atom is -0.417 e. The zero-order valence-electron chi connectivity index (χ0n) is 13.5. The van der Waals surface area contributed by atoms with E-state index in [1.807, 2.05) is 12.1 Å². The zero-order valence-corrected chi connectivity index (χ0v) is 13.5. The molecule has 1 aromatic heterocycles. The van der Waals surface area contributed by atoms with E-state index in [-0.39, 0.29) is 17.7 Å². The van der Waals surface area contributed by atoms with Gasteiger partial charge >= 0.3 is 5.63 Å². The number of hydrogen-bond donors (Lipinski definition) is 1. The number of nitrogens with one attached hydrogen (secondary N) is 1. The topological polar surface area (TPSA) is 59.3 Å². The molecule has 5 rings (SSSR count). The van der Waals surface area contributed by atoms with Crippen LogP contribution in [0.2, 0.25) is 0 Å². The van der Waals surface area contributed by atoms with Crippen LogP contribution in [-0.2, 0) is 0 Å². The first-order valence-electron chi connectivity index (χ1n) is 9.04. The van der Waals surface area contributed by atoms with Gasteiger partial charge in [0.1, 0.15) is 0 Å². The normalized spacial score (nSPS) is 33.8. The Bertz CT molecular complexity index is 871. The molecule has 124 valence electrons. The molecule has 0 spiro atoms. The fourth-order valence-corrected chi connectivity index (χ4v) is 5.72. The second-order valence-corrected chi connectivity index (χ2v) is 7.72. The minimum absolute atomic E-state index is 0.129. The van der Waals surface area contributed by atoms with Crippen LogP contribution >= 0.6 is 0 Å². The highest BCUT2D eigenvalue weighted by Crippen LogP contribution is 2.58. The van der Waals surface area contributed by atoms with Crippen LogP contribution in [0.15, 0.2) is 39.5 Å². The Labute approximate surface area is 140 Å². The maximum atomic E-state index is 12.6. The Kier molecular flexibility index (Phi) is 3.09. The summed E-state index contributed by atoms with van der Waals surface area (Å²) in [5.41, 5.74) is -0.443. The standard InChI is InChI=1S/C20H21NO3/c22-19(18-10-11-4-1-2-5-14(11)20(23)24-18)21-17-9-12-8-16(17)15-7-3-6-13(12)15/h1-2,4-5,10,12-13,15-17H,3,6-9H2,(H,21,22)/t12-,13+,15+,16+,17-/m1/s1. The molecule has 1 aromatic carbocycles. The van der Waals surface area contributed by atoms with Gasteiger partial charge in [-0.3, -0.25) is 4.79 Å². The lowest BCUT2D eigenvalue weighted by atomic mass is 9.79. The maximum absolute atomic E-state index is 12.6. The molecule has 0 aliphatic heterocycles. The first-order valence-corrected chi connectivity index (χ1v) is 9.04. The first kappa shape index (κ1) is 14.3. The van der Waals surface area contributed by atoms with Crippen molar-refractivity contribution in [2.45, 2.75) is 38.1 Å². The number of carbonyl (C=O) groups excluding carboxylic acids is 1. The second kappa shape index (κ2) is 5.20. The molecule has 1 amide bonds. The van der Waals surface area contributed by atoms with Crippen LogP contribution in [0.3, 0.4) is 0 Å². The lowest BCUT2D eigenvalue weighted by Gasteiger charge is -2.31. The highest BCUT2D eigenvalue weighted by atomic mass is 16.4. The largest absolute Gasteiger partial charge is 0.417 e. The van der Waals surface area contributed by atoms with Gasteiger partial charge in [-0.05, 0) is 66.9 Å². The molecule has 3 saturated carbocycles. The molecule has 1 heterocycles. The predicted molar refractivity (Wildman–Crippen MR) is 90.8 cm³/mol. The number of rotatable bonds is 2. The van der Waals surface area contributed by atoms with Crippen LogP contribution in [0, 0.1) is 23.7 Å². The smallest absolute Gasteiger partial charge is 0.344 e. The monoisotopic (exact) mass is 323 g/mol. The molecule has 2 aromatic rings. The minimum atomic E-state index is -0.443. The summed E-state index contributed by atoms with van der Waals surface area (Å²) in [6.07, 6.45) is 6.41. The van der Waals surface area contributed by atoms with Crippen molar-refractivity contribution in [3.63, 3.8) is 0 Å². The van der Waals surface area contributed by atoms with Crippen LogP contribution < -0.4 is 10.9 Å². The van der Waals surface area contributed by atoms with E-state index in [2.05, 4.69) is 5.32 Å². The van der Waals surface area contributed by atoms with Gasteiger partial charge in [0, 0.05) is 6.04 Å². The van der Waals surface area contributed by atoms with Crippen LogP contribution in [0.25, 0.3) is 10.8 Å². The van der Waals surface area contributed by atoms with Gasteiger partial charge in [0.05, 0.1) is 5.39 Å². The predicted octanol–water partition coefficient (Wildman–Crippen LogP) is 3.35. The molecule has 3 fully saturated rings. The number of amides is 1. The van der Waals surface area contributed by atoms with E-state index in [1.165, 1.54) is 25.7 Å². The summed E-state index contributed by atoms with van der Waals surface area (Å²) in [6.45, 7) is 0. The Morgan fingerprint density at radius 3 is 2.83 bits per heavy atom. The third kappa shape index (κ3) is 2.05. The molecule has 0 saturated heterocycles. The fraction of sp³-hybridized carbons (Fsp3) is 0.500. The van der Waals surface area contributed by atoms with E-state index >= 15 is 0 Å². The molecule has 2 bridgehead atoms. The van der Waals surface area contributed by atoms with Crippen LogP contribution in [0.4, 0.5) is 0 Å². The van der Waals surface area contributed by atoms with Gasteiger partial charge in [-0.15, -0.1) is 0 Å². The molecular weight excluding hydrogens is 302 g/mol. The van der Waals surface area contributed by atoms with E-state index in [0.717, 1.165) is 29.6 Å². The summed E-state index contributed by atoms with van der Waals surface area (Å²) in [5.74, 6) is 3.00. The van der Waals surface area contributed by atoms with Gasteiger partial charge in [-0.2, -0.15) is 0 Å². The number of carbonyl (C=O) groups is 1. The van der Waals surface area contributed by atoms with Gasteiger partial charge in [0.2, 0.25) is 0 Å². The fourth-order valence-electron chi connectivity index (χ4n) is 5.72. The van der Waals surface area contributed by atoms with Crippen molar-refractivity contribution >= 4 is 16.7 Å². The van der Waals surface area contributed by atoms with E-state index in [9.17, 15) is 9.59 Å². The third-order valence-electron chi connectivity index (χ3n) is 6.64. The Hall–Kier alpha value is -2.10. The molecule has 0 unspecified atom stereocenters. The van der Waals surface area contributed by atoms with Crippen molar-refractivity contribution in [1.29, 1.82) is 0 Å². The number of benzene rings is 1. The molecule has 1 N–H and O–H groups in total. The van der Waals surface area contributed by atoms with E-state index in [4.69, 9.17) is 4.42 Å². The SMILES string of the molecule is O=C(N[C@@H]1C[C@H]2C[C@H]1[C@H]1CCC[C@@H]21)c1cc2ccccc2c(=O)o1. The van der Waals surface area contributed by atoms with Crippen molar-refractivity contribution in [3.8, 4) is 0 Å². The average molecular weight is 323 g/mol. The molecule has 3 aliphatic rings. The Morgan fingerprint density at radius 2 is 1.92 bits per heavy atom. The van der Waals surface area contributed by atoms with Crippen LogP contribution in [0.1, 0.15) is 42.7 Å². The zero-order chi connectivity index (χ0) is 16.3. The van der Waals surface area contributed by atoms with Gasteiger partial charge in [-0.1, -0.05) is 24.6 Å². The highest BCUT2D eigenvalue weighted by molar-refractivity contribution is 5.95. The first-order chi connectivity index (χ1) is 11.7. The Balaban J connectivity index is 1.39. The van der Waals surface area contributed by atoms with Gasteiger partial charge in [0.15, 0.2) is 5.76 Å². The molecule has 4 nitrogen and oxygen atoms in total. The molecular formula is C20H21NO3. The van der Waals surface area contributed by atoms with Crippen molar-refractivity contribution in [1.82, 2.24) is 5.32 Å². The van der Waals surface area contributed by atoms with Gasteiger partial charge in [-0.25, -0.2) is 4.79 Å². The third-order valence-corrected chi connectivity index (χ3v) is 6.64. The highest BCUT2D eigenvalue weighted by Gasteiger charge is 2.54. The lowest BCUT2D eigenvalue weighted by Crippen LogP contribution is -2.42. The van der Waals surface area contributed by atoms with Crippen molar-refractivity contribution < 1.29 is 9.21 Å². The molecule has 3 aliphatic carbocycles. The molecule has 4 heteroatoms. The molecule has 0 radical (unpaired) electrons. The molecule has 5 atom stereocenters. The quantitative estimate of drug-likeness (QED) is 0.922. The lowest BCUT2D eigenvalue weighted by molar-refractivity contribution is 0.0869. The second-order valence-electron chi connectivity index (χ2n) is 7.72. The summed E-state index contributed by atoms with van der Waals surface area (Å²) in [6, 6.07) is 9.14. The summed E-state index contributed by atoms with van der Waals surface area (Å²) >= 11 is 0. The van der Waals surface area contributed by atoms with E-state index < -0.39 is 5.63 Å². The van der Waals surface area contributed by atoms with Crippen molar-refractivity contribution in [2.75, 3.05) is 0 Å². The number of hydrogen-bond acceptors (Lipinski definition) is 3. The van der Waals surface area contributed by atoms with Gasteiger partial charge in [0.25, 0.3) is 5.91 Å². The van der Waals surface area contributed by atoms with E-state index in [1.54, 1.807) is 18.2 Å². The van der Waals surface area contributed by atoms with Crippen LogP contribution in [-0.4, -0.2) is 11.9 Å². The summed E-state index contributed by atoms with van der Waals surface area (Å²) in [7, 11) is 0. The summed E-state index contributed by atoms with van der Waals surface area (Å²) < 4.78 is 5.26. The average Bonchev–Trinajstić information content (AvgIpc) is 3.27. The van der Waals surface area contributed by atoms with Crippen molar-refractivity contribution in [3.05, 3.63) is 46.5 Å². The van der Waals surface area contributed by atoms with Gasteiger partial charge < -0.3 is 9.73 Å². The summed E-state index contributed by atoms with van der Waals surface area (Å²) in [5, 5.41) is 4.43.